The Morgan fingerprint density at radius 2 is 1.85 bits per heavy atom. The normalized spacial score (nSPS) is 18.1. The first kappa shape index (κ1) is 12.6. The van der Waals surface area contributed by atoms with E-state index in [0.717, 1.165) is 17.8 Å². The average molecular weight is 260 g/mol. The first-order chi connectivity index (χ1) is 9.83. The van der Waals surface area contributed by atoms with E-state index < -0.39 is 0 Å². The number of pyridine rings is 1. The summed E-state index contributed by atoms with van der Waals surface area (Å²) in [6, 6.07) is 16.4. The van der Waals surface area contributed by atoms with Gasteiger partial charge in [-0.1, -0.05) is 36.4 Å². The van der Waals surface area contributed by atoms with Crippen LogP contribution in [0.2, 0.25) is 0 Å². The highest BCUT2D eigenvalue weighted by molar-refractivity contribution is 6.07. The van der Waals surface area contributed by atoms with Crippen molar-refractivity contribution in [2.45, 2.75) is 19.4 Å². The van der Waals surface area contributed by atoms with Crippen LogP contribution in [0.5, 0.6) is 0 Å². The topological polar surface area (TPSA) is 25.2 Å². The number of benzene rings is 1. The van der Waals surface area contributed by atoms with E-state index in [0.29, 0.717) is 0 Å². The minimum atomic E-state index is 0.138. The maximum Gasteiger partial charge on any atom is 0.0915 e. The van der Waals surface area contributed by atoms with Crippen LogP contribution in [0.3, 0.4) is 0 Å². The maximum atomic E-state index is 4.88. The standard InChI is InChI=1S/C18H16N2/c1-14-10-11-17(16-9-5-6-12-19-16)20-18(13-14)15-7-3-2-4-8-15/h2-9,11-12,18H,13H2,1H3. The molecule has 0 N–H and O–H groups in total. The first-order valence-corrected chi connectivity index (χ1v) is 6.79. The summed E-state index contributed by atoms with van der Waals surface area (Å²) in [5, 5.41) is 0. The average Bonchev–Trinajstić information content (AvgIpc) is 2.71. The summed E-state index contributed by atoms with van der Waals surface area (Å²) in [4.78, 5) is 9.27. The number of rotatable bonds is 2. The van der Waals surface area contributed by atoms with Gasteiger partial charge in [-0.25, -0.2) is 0 Å². The summed E-state index contributed by atoms with van der Waals surface area (Å²) in [7, 11) is 0. The maximum absolute atomic E-state index is 4.88. The molecule has 1 aromatic carbocycles. The molecule has 20 heavy (non-hydrogen) atoms. The number of aliphatic imine (C=N–C) groups is 1. The number of nitrogens with zero attached hydrogens (tertiary/aromatic N) is 2. The van der Waals surface area contributed by atoms with Crippen molar-refractivity contribution in [2.75, 3.05) is 0 Å². The molecule has 1 unspecified atom stereocenters. The van der Waals surface area contributed by atoms with E-state index in [2.05, 4.69) is 41.9 Å². The molecular formula is C18H16N2. The Hall–Kier alpha value is -2.44. The molecule has 1 atom stereocenters. The Bertz CT molecular complexity index is 678. The van der Waals surface area contributed by atoms with Crippen LogP contribution in [-0.4, -0.2) is 10.7 Å². The van der Waals surface area contributed by atoms with Crippen molar-refractivity contribution in [3.05, 3.63) is 83.4 Å². The van der Waals surface area contributed by atoms with Gasteiger partial charge >= 0.3 is 0 Å². The van der Waals surface area contributed by atoms with E-state index in [9.17, 15) is 0 Å². The zero-order chi connectivity index (χ0) is 13.8. The second-order valence-corrected chi connectivity index (χ2v) is 4.93. The van der Waals surface area contributed by atoms with Gasteiger partial charge in [0.05, 0.1) is 17.4 Å². The third-order valence-electron chi connectivity index (χ3n) is 3.36. The molecule has 2 nitrogen and oxygen atoms in total. The van der Waals surface area contributed by atoms with Gasteiger partial charge in [0.15, 0.2) is 0 Å². The largest absolute Gasteiger partial charge is 0.274 e. The lowest BCUT2D eigenvalue weighted by Gasteiger charge is -2.12. The lowest BCUT2D eigenvalue weighted by atomic mass is 10.0. The highest BCUT2D eigenvalue weighted by Crippen LogP contribution is 2.27. The highest BCUT2D eigenvalue weighted by atomic mass is 14.8. The Balaban J connectivity index is 2.04. The van der Waals surface area contributed by atoms with Crippen molar-refractivity contribution < 1.29 is 0 Å². The van der Waals surface area contributed by atoms with Crippen molar-refractivity contribution in [3.63, 3.8) is 0 Å². The van der Waals surface area contributed by atoms with Crippen molar-refractivity contribution in [1.82, 2.24) is 4.98 Å². The lowest BCUT2D eigenvalue weighted by molar-refractivity contribution is 0.722. The van der Waals surface area contributed by atoms with Crippen molar-refractivity contribution in [1.29, 1.82) is 0 Å². The van der Waals surface area contributed by atoms with Crippen LogP contribution in [0.4, 0.5) is 0 Å². The van der Waals surface area contributed by atoms with E-state index in [4.69, 9.17) is 4.99 Å². The molecular weight excluding hydrogens is 244 g/mol. The fraction of sp³-hybridized carbons (Fsp3) is 0.167. The third kappa shape index (κ3) is 2.76. The van der Waals surface area contributed by atoms with Crippen molar-refractivity contribution >= 4 is 5.71 Å². The van der Waals surface area contributed by atoms with Crippen LogP contribution in [0.25, 0.3) is 0 Å². The molecule has 1 aromatic heterocycles. The van der Waals surface area contributed by atoms with E-state index >= 15 is 0 Å². The summed E-state index contributed by atoms with van der Waals surface area (Å²) < 4.78 is 0. The Morgan fingerprint density at radius 1 is 1.05 bits per heavy atom. The van der Waals surface area contributed by atoms with Gasteiger partial charge in [-0.2, -0.15) is 0 Å². The van der Waals surface area contributed by atoms with E-state index in [1.807, 2.05) is 30.3 Å². The minimum absolute atomic E-state index is 0.138. The molecule has 0 fully saturated rings. The number of hydrogen-bond donors (Lipinski definition) is 0. The fourth-order valence-electron chi connectivity index (χ4n) is 2.31. The first-order valence-electron chi connectivity index (χ1n) is 6.79. The third-order valence-corrected chi connectivity index (χ3v) is 3.36. The van der Waals surface area contributed by atoms with Gasteiger partial charge in [-0.15, -0.1) is 5.73 Å². The summed E-state index contributed by atoms with van der Waals surface area (Å²) in [6.07, 6.45) is 4.64. The van der Waals surface area contributed by atoms with Crippen LogP contribution in [-0.2, 0) is 0 Å². The molecule has 0 saturated carbocycles. The number of aromatic nitrogens is 1. The van der Waals surface area contributed by atoms with Crippen LogP contribution in [0.1, 0.15) is 30.6 Å². The minimum Gasteiger partial charge on any atom is -0.274 e. The van der Waals surface area contributed by atoms with Crippen LogP contribution in [0.15, 0.2) is 77.1 Å². The molecule has 2 heteroatoms. The van der Waals surface area contributed by atoms with Gasteiger partial charge in [-0.3, -0.25) is 9.98 Å². The fourth-order valence-corrected chi connectivity index (χ4v) is 2.31. The van der Waals surface area contributed by atoms with Crippen molar-refractivity contribution in [2.24, 2.45) is 4.99 Å². The van der Waals surface area contributed by atoms with Gasteiger partial charge in [0.1, 0.15) is 0 Å². The molecule has 3 rings (SSSR count). The second kappa shape index (κ2) is 5.68. The van der Waals surface area contributed by atoms with Gasteiger partial charge < -0.3 is 0 Å². The molecule has 2 heterocycles. The van der Waals surface area contributed by atoms with Crippen LogP contribution < -0.4 is 0 Å². The monoisotopic (exact) mass is 260 g/mol. The summed E-state index contributed by atoms with van der Waals surface area (Å²) in [5.74, 6) is 0. The highest BCUT2D eigenvalue weighted by Gasteiger charge is 2.14. The van der Waals surface area contributed by atoms with E-state index in [1.54, 1.807) is 6.20 Å². The van der Waals surface area contributed by atoms with Gasteiger partial charge in [0.25, 0.3) is 0 Å². The lowest BCUT2D eigenvalue weighted by Crippen LogP contribution is -2.03. The number of hydrogen-bond acceptors (Lipinski definition) is 2. The molecule has 0 aliphatic carbocycles. The molecule has 98 valence electrons. The molecule has 1 aliphatic heterocycles. The summed E-state index contributed by atoms with van der Waals surface area (Å²) in [6.45, 7) is 2.10. The molecule has 0 saturated heterocycles. The quantitative estimate of drug-likeness (QED) is 0.746. The predicted octanol–water partition coefficient (Wildman–Crippen LogP) is 4.12. The zero-order valence-corrected chi connectivity index (χ0v) is 11.5. The molecule has 0 radical (unpaired) electrons. The van der Waals surface area contributed by atoms with Crippen molar-refractivity contribution in [3.8, 4) is 0 Å². The molecule has 0 spiro atoms. The van der Waals surface area contributed by atoms with E-state index in [1.165, 1.54) is 11.1 Å². The molecule has 0 amide bonds. The Labute approximate surface area is 119 Å². The smallest absolute Gasteiger partial charge is 0.0915 e. The van der Waals surface area contributed by atoms with Gasteiger partial charge in [0, 0.05) is 18.7 Å². The Morgan fingerprint density at radius 3 is 2.60 bits per heavy atom. The van der Waals surface area contributed by atoms with Gasteiger partial charge in [0.2, 0.25) is 0 Å². The predicted molar refractivity (Wildman–Crippen MR) is 81.8 cm³/mol. The van der Waals surface area contributed by atoms with Gasteiger partial charge in [-0.05, 0) is 30.2 Å². The van der Waals surface area contributed by atoms with E-state index in [-0.39, 0.29) is 6.04 Å². The second-order valence-electron chi connectivity index (χ2n) is 4.93. The molecule has 2 aromatic rings. The van der Waals surface area contributed by atoms with Crippen LogP contribution >= 0.6 is 0 Å². The zero-order valence-electron chi connectivity index (χ0n) is 11.5. The SMILES string of the molecule is CC1=C=CC(c2ccccn2)=NC(c2ccccc2)C1. The molecule has 0 bridgehead atoms. The summed E-state index contributed by atoms with van der Waals surface area (Å²) in [5.41, 5.74) is 7.56. The Kier molecular flexibility index (Phi) is 3.58. The summed E-state index contributed by atoms with van der Waals surface area (Å²) >= 11 is 0. The van der Waals surface area contributed by atoms with Crippen LogP contribution in [0, 0.1) is 0 Å². The molecule has 1 aliphatic rings.